The van der Waals surface area contributed by atoms with Gasteiger partial charge in [0.2, 0.25) is 0 Å². The molecule has 1 aromatic rings. The first-order valence-corrected chi connectivity index (χ1v) is 4.21. The molecule has 0 bridgehead atoms. The van der Waals surface area contributed by atoms with Crippen LogP contribution < -0.4 is 0 Å². The van der Waals surface area contributed by atoms with Crippen LogP contribution in [-0.4, -0.2) is 11.3 Å². The van der Waals surface area contributed by atoms with Crippen molar-refractivity contribution in [3.8, 4) is 0 Å². The number of aldehydes is 1. The van der Waals surface area contributed by atoms with E-state index in [1.165, 1.54) is 12.8 Å². The molecule has 0 saturated heterocycles. The quantitative estimate of drug-likeness (QED) is 0.639. The highest BCUT2D eigenvalue weighted by molar-refractivity contribution is 5.54. The third-order valence-electron chi connectivity index (χ3n) is 2.11. The predicted molar refractivity (Wildman–Crippen MR) is 43.0 cm³/mol. The molecule has 0 N–H and O–H groups in total. The molecule has 2 rings (SSSR count). The largest absolute Gasteiger partial charge is 0.445 e. The van der Waals surface area contributed by atoms with Gasteiger partial charge in [0.25, 0.3) is 0 Å². The molecule has 1 saturated carbocycles. The number of aryl methyl sites for hydroxylation is 1. The fourth-order valence-electron chi connectivity index (χ4n) is 1.22. The smallest absolute Gasteiger partial charge is 0.197 e. The van der Waals surface area contributed by atoms with Crippen LogP contribution in [0.1, 0.15) is 36.1 Å². The molecule has 3 nitrogen and oxygen atoms in total. The Morgan fingerprint density at radius 2 is 2.42 bits per heavy atom. The Bertz CT molecular complexity index is 299. The maximum Gasteiger partial charge on any atom is 0.197 e. The summed E-state index contributed by atoms with van der Waals surface area (Å²) in [5, 5.41) is 0. The lowest BCUT2D eigenvalue weighted by molar-refractivity contribution is -0.107. The molecule has 0 spiro atoms. The second kappa shape index (κ2) is 2.73. The number of rotatable bonds is 3. The first-order valence-electron chi connectivity index (χ1n) is 4.21. The average molecular weight is 165 g/mol. The molecular formula is C9H11NO2. The van der Waals surface area contributed by atoms with Crippen LogP contribution in [0.5, 0.6) is 0 Å². The minimum Gasteiger partial charge on any atom is -0.445 e. The summed E-state index contributed by atoms with van der Waals surface area (Å²) >= 11 is 0. The molecule has 0 atom stereocenters. The first-order chi connectivity index (χ1) is 5.81. The van der Waals surface area contributed by atoms with Crippen molar-refractivity contribution < 1.29 is 9.21 Å². The Morgan fingerprint density at radius 1 is 1.67 bits per heavy atom. The fourth-order valence-corrected chi connectivity index (χ4v) is 1.22. The third kappa shape index (κ3) is 1.26. The van der Waals surface area contributed by atoms with Crippen LogP contribution in [0.25, 0.3) is 0 Å². The van der Waals surface area contributed by atoms with Gasteiger partial charge in [0.05, 0.1) is 5.69 Å². The normalized spacial score (nSPS) is 16.4. The Labute approximate surface area is 70.8 Å². The number of nitrogens with zero attached hydrogens (tertiary/aromatic N) is 1. The molecule has 1 aliphatic rings. The number of aromatic nitrogens is 1. The molecule has 0 radical (unpaired) electrons. The molecule has 1 fully saturated rings. The van der Waals surface area contributed by atoms with Crippen molar-refractivity contribution in [1.82, 2.24) is 4.98 Å². The van der Waals surface area contributed by atoms with Gasteiger partial charge in [0, 0.05) is 12.3 Å². The van der Waals surface area contributed by atoms with Gasteiger partial charge in [-0.05, 0) is 19.8 Å². The van der Waals surface area contributed by atoms with Crippen molar-refractivity contribution >= 4 is 6.29 Å². The maximum absolute atomic E-state index is 10.2. The second-order valence-corrected chi connectivity index (χ2v) is 3.20. The van der Waals surface area contributed by atoms with Crippen molar-refractivity contribution in [2.24, 2.45) is 0 Å². The van der Waals surface area contributed by atoms with Gasteiger partial charge in [-0.3, -0.25) is 0 Å². The van der Waals surface area contributed by atoms with E-state index in [2.05, 4.69) is 4.98 Å². The summed E-state index contributed by atoms with van der Waals surface area (Å²) in [5.41, 5.74) is 0.798. The molecule has 12 heavy (non-hydrogen) atoms. The Kier molecular flexibility index (Phi) is 1.71. The van der Waals surface area contributed by atoms with Gasteiger partial charge in [0.1, 0.15) is 12.0 Å². The molecule has 1 aliphatic carbocycles. The summed E-state index contributed by atoms with van der Waals surface area (Å²) in [4.78, 5) is 14.5. The van der Waals surface area contributed by atoms with Crippen molar-refractivity contribution in [3.63, 3.8) is 0 Å². The van der Waals surface area contributed by atoms with Crippen molar-refractivity contribution in [2.45, 2.75) is 32.1 Å². The molecule has 1 aromatic heterocycles. The molecular weight excluding hydrogens is 154 g/mol. The van der Waals surface area contributed by atoms with E-state index in [1.54, 1.807) is 0 Å². The Morgan fingerprint density at radius 3 is 3.00 bits per heavy atom. The van der Waals surface area contributed by atoms with Crippen molar-refractivity contribution in [2.75, 3.05) is 0 Å². The lowest BCUT2D eigenvalue weighted by Crippen LogP contribution is -1.88. The van der Waals surface area contributed by atoms with Gasteiger partial charge >= 0.3 is 0 Å². The molecule has 0 amide bonds. The monoisotopic (exact) mass is 165 g/mol. The first kappa shape index (κ1) is 7.53. The summed E-state index contributed by atoms with van der Waals surface area (Å²) in [7, 11) is 0. The molecule has 0 aromatic carbocycles. The van der Waals surface area contributed by atoms with Gasteiger partial charge in [0.15, 0.2) is 5.89 Å². The van der Waals surface area contributed by atoms with E-state index in [9.17, 15) is 4.79 Å². The molecule has 3 heteroatoms. The van der Waals surface area contributed by atoms with E-state index in [4.69, 9.17) is 4.42 Å². The van der Waals surface area contributed by atoms with Gasteiger partial charge in [-0.1, -0.05) is 0 Å². The highest BCUT2D eigenvalue weighted by Crippen LogP contribution is 2.39. The molecule has 1 heterocycles. The lowest BCUT2D eigenvalue weighted by atomic mass is 10.3. The van der Waals surface area contributed by atoms with E-state index in [0.717, 1.165) is 23.6 Å². The fraction of sp³-hybridized carbons (Fsp3) is 0.556. The number of oxazole rings is 1. The zero-order valence-corrected chi connectivity index (χ0v) is 7.04. The minimum absolute atomic E-state index is 0.377. The molecule has 0 unspecified atom stereocenters. The SMILES string of the molecule is Cc1oc(C2CC2)nc1CC=O. The Balaban J connectivity index is 2.23. The van der Waals surface area contributed by atoms with Crippen LogP contribution in [-0.2, 0) is 11.2 Å². The summed E-state index contributed by atoms with van der Waals surface area (Å²) in [5.74, 6) is 2.15. The van der Waals surface area contributed by atoms with E-state index in [0.29, 0.717) is 12.3 Å². The van der Waals surface area contributed by atoms with Crippen molar-refractivity contribution in [1.29, 1.82) is 0 Å². The zero-order valence-electron chi connectivity index (χ0n) is 7.04. The zero-order chi connectivity index (χ0) is 8.55. The summed E-state index contributed by atoms with van der Waals surface area (Å²) in [6, 6.07) is 0. The van der Waals surface area contributed by atoms with E-state index < -0.39 is 0 Å². The number of carbonyl (C=O) groups excluding carboxylic acids is 1. The second-order valence-electron chi connectivity index (χ2n) is 3.20. The van der Waals surface area contributed by atoms with Crippen LogP contribution in [0.15, 0.2) is 4.42 Å². The minimum atomic E-state index is 0.377. The third-order valence-corrected chi connectivity index (χ3v) is 2.11. The topological polar surface area (TPSA) is 43.1 Å². The average Bonchev–Trinajstić information content (AvgIpc) is 2.80. The van der Waals surface area contributed by atoms with Crippen molar-refractivity contribution in [3.05, 3.63) is 17.3 Å². The van der Waals surface area contributed by atoms with Gasteiger partial charge in [-0.25, -0.2) is 4.98 Å². The summed E-state index contributed by atoms with van der Waals surface area (Å²) in [6.07, 6.45) is 3.60. The predicted octanol–water partition coefficient (Wildman–Crippen LogP) is 1.60. The summed E-state index contributed by atoms with van der Waals surface area (Å²) in [6.45, 7) is 1.86. The van der Waals surface area contributed by atoms with Crippen LogP contribution in [0, 0.1) is 6.92 Å². The lowest BCUT2D eigenvalue weighted by Gasteiger charge is -1.83. The van der Waals surface area contributed by atoms with Gasteiger partial charge < -0.3 is 9.21 Å². The molecule has 0 aliphatic heterocycles. The highest BCUT2D eigenvalue weighted by atomic mass is 16.4. The van der Waals surface area contributed by atoms with Crippen LogP contribution in [0.3, 0.4) is 0 Å². The van der Waals surface area contributed by atoms with Gasteiger partial charge in [-0.2, -0.15) is 0 Å². The van der Waals surface area contributed by atoms with Crippen LogP contribution >= 0.6 is 0 Å². The van der Waals surface area contributed by atoms with E-state index in [1.807, 2.05) is 6.92 Å². The van der Waals surface area contributed by atoms with E-state index in [-0.39, 0.29) is 0 Å². The van der Waals surface area contributed by atoms with Crippen LogP contribution in [0.4, 0.5) is 0 Å². The number of hydrogen-bond donors (Lipinski definition) is 0. The summed E-state index contributed by atoms with van der Waals surface area (Å²) < 4.78 is 5.42. The number of hydrogen-bond acceptors (Lipinski definition) is 3. The highest BCUT2D eigenvalue weighted by Gasteiger charge is 2.29. The maximum atomic E-state index is 10.2. The molecule has 64 valence electrons. The number of carbonyl (C=O) groups is 1. The van der Waals surface area contributed by atoms with E-state index >= 15 is 0 Å². The Hall–Kier alpha value is -1.12. The van der Waals surface area contributed by atoms with Crippen LogP contribution in [0.2, 0.25) is 0 Å². The standard InChI is InChI=1S/C9H11NO2/c1-6-8(4-5-11)10-9(12-6)7-2-3-7/h5,7H,2-4H2,1H3. The van der Waals surface area contributed by atoms with Gasteiger partial charge in [-0.15, -0.1) is 0 Å².